The SMILES string of the molecule is COc1cc(O)c(C(N)CCC(=O)O)cc1C#N. The molecule has 0 spiro atoms. The molecule has 0 aliphatic heterocycles. The summed E-state index contributed by atoms with van der Waals surface area (Å²) in [7, 11) is 1.39. The van der Waals surface area contributed by atoms with Gasteiger partial charge in [0.05, 0.1) is 12.7 Å². The van der Waals surface area contributed by atoms with Crippen molar-refractivity contribution in [3.8, 4) is 17.6 Å². The predicted octanol–water partition coefficient (Wildman–Crippen LogP) is 1.14. The van der Waals surface area contributed by atoms with E-state index in [4.69, 9.17) is 20.8 Å². The Hall–Kier alpha value is -2.26. The van der Waals surface area contributed by atoms with Crippen LogP contribution in [0.1, 0.15) is 30.0 Å². The van der Waals surface area contributed by atoms with E-state index < -0.39 is 12.0 Å². The summed E-state index contributed by atoms with van der Waals surface area (Å²) in [6.45, 7) is 0. The highest BCUT2D eigenvalue weighted by atomic mass is 16.5. The van der Waals surface area contributed by atoms with Gasteiger partial charge in [-0.3, -0.25) is 4.79 Å². The molecule has 18 heavy (non-hydrogen) atoms. The number of ether oxygens (including phenoxy) is 1. The molecule has 6 heteroatoms. The molecular weight excluding hydrogens is 236 g/mol. The second-order valence-electron chi connectivity index (χ2n) is 3.76. The van der Waals surface area contributed by atoms with Crippen molar-refractivity contribution in [1.82, 2.24) is 0 Å². The molecule has 0 heterocycles. The predicted molar refractivity (Wildman–Crippen MR) is 63.2 cm³/mol. The number of methoxy groups -OCH3 is 1. The molecule has 1 aromatic carbocycles. The average Bonchev–Trinajstić information content (AvgIpc) is 2.35. The quantitative estimate of drug-likeness (QED) is 0.721. The zero-order valence-corrected chi connectivity index (χ0v) is 9.88. The zero-order chi connectivity index (χ0) is 13.7. The lowest BCUT2D eigenvalue weighted by atomic mass is 9.99. The van der Waals surface area contributed by atoms with E-state index in [2.05, 4.69) is 0 Å². The zero-order valence-electron chi connectivity index (χ0n) is 9.88. The normalized spacial score (nSPS) is 11.6. The number of hydrogen-bond acceptors (Lipinski definition) is 5. The van der Waals surface area contributed by atoms with Crippen LogP contribution < -0.4 is 10.5 Å². The lowest BCUT2D eigenvalue weighted by molar-refractivity contribution is -0.137. The van der Waals surface area contributed by atoms with Crippen molar-refractivity contribution in [3.05, 3.63) is 23.3 Å². The molecule has 0 radical (unpaired) electrons. The molecule has 1 atom stereocenters. The Kier molecular flexibility index (Phi) is 4.52. The van der Waals surface area contributed by atoms with Crippen molar-refractivity contribution in [2.45, 2.75) is 18.9 Å². The monoisotopic (exact) mass is 250 g/mol. The molecule has 1 unspecified atom stereocenters. The van der Waals surface area contributed by atoms with Crippen molar-refractivity contribution in [1.29, 1.82) is 5.26 Å². The van der Waals surface area contributed by atoms with Gasteiger partial charge in [0.2, 0.25) is 0 Å². The fourth-order valence-corrected chi connectivity index (χ4v) is 1.57. The number of nitrogens with zero attached hydrogens (tertiary/aromatic N) is 1. The van der Waals surface area contributed by atoms with Crippen molar-refractivity contribution >= 4 is 5.97 Å². The summed E-state index contributed by atoms with van der Waals surface area (Å²) >= 11 is 0. The number of phenols is 1. The first-order valence-electron chi connectivity index (χ1n) is 5.28. The van der Waals surface area contributed by atoms with Crippen molar-refractivity contribution in [3.63, 3.8) is 0 Å². The van der Waals surface area contributed by atoms with Crippen LogP contribution >= 0.6 is 0 Å². The summed E-state index contributed by atoms with van der Waals surface area (Å²) in [4.78, 5) is 10.5. The average molecular weight is 250 g/mol. The smallest absolute Gasteiger partial charge is 0.303 e. The van der Waals surface area contributed by atoms with Crippen LogP contribution in [0.2, 0.25) is 0 Å². The number of benzene rings is 1. The number of carbonyl (C=O) groups is 1. The number of carboxylic acids is 1. The van der Waals surface area contributed by atoms with Crippen LogP contribution in [-0.4, -0.2) is 23.3 Å². The molecule has 0 fully saturated rings. The Balaban J connectivity index is 3.02. The number of hydrogen-bond donors (Lipinski definition) is 3. The van der Waals surface area contributed by atoms with E-state index in [0.717, 1.165) is 0 Å². The van der Waals surface area contributed by atoms with E-state index in [9.17, 15) is 9.90 Å². The minimum absolute atomic E-state index is 0.103. The van der Waals surface area contributed by atoms with Crippen LogP contribution in [-0.2, 0) is 4.79 Å². The maximum Gasteiger partial charge on any atom is 0.303 e. The Morgan fingerprint density at radius 3 is 2.78 bits per heavy atom. The van der Waals surface area contributed by atoms with Gasteiger partial charge in [0.15, 0.2) is 0 Å². The van der Waals surface area contributed by atoms with Crippen LogP contribution in [0.5, 0.6) is 11.5 Å². The maximum absolute atomic E-state index is 10.5. The van der Waals surface area contributed by atoms with Gasteiger partial charge in [0, 0.05) is 24.1 Å². The Labute approximate surface area is 104 Å². The van der Waals surface area contributed by atoms with Crippen molar-refractivity contribution in [2.24, 2.45) is 5.73 Å². The Morgan fingerprint density at radius 2 is 2.28 bits per heavy atom. The summed E-state index contributed by atoms with van der Waals surface area (Å²) in [6, 6.07) is 4.00. The molecule has 1 rings (SSSR count). The highest BCUT2D eigenvalue weighted by Gasteiger charge is 2.16. The van der Waals surface area contributed by atoms with Gasteiger partial charge in [-0.1, -0.05) is 0 Å². The molecule has 0 bridgehead atoms. The Morgan fingerprint density at radius 1 is 1.61 bits per heavy atom. The standard InChI is InChI=1S/C12H14N2O4/c1-18-11-5-10(15)8(4-7(11)6-13)9(14)2-3-12(16)17/h4-5,9,15H,2-3,14H2,1H3,(H,16,17). The van der Waals surface area contributed by atoms with Crippen molar-refractivity contribution in [2.75, 3.05) is 7.11 Å². The molecule has 0 amide bonds. The van der Waals surface area contributed by atoms with Gasteiger partial charge in [-0.2, -0.15) is 5.26 Å². The maximum atomic E-state index is 10.5. The van der Waals surface area contributed by atoms with E-state index in [1.165, 1.54) is 19.2 Å². The second-order valence-corrected chi connectivity index (χ2v) is 3.76. The summed E-state index contributed by atoms with van der Waals surface area (Å²) in [5.41, 5.74) is 6.37. The molecule has 1 aromatic rings. The first-order valence-corrected chi connectivity index (χ1v) is 5.28. The summed E-state index contributed by atoms with van der Waals surface area (Å²) in [5.74, 6) is -0.813. The fourth-order valence-electron chi connectivity index (χ4n) is 1.57. The molecule has 0 aliphatic rings. The van der Waals surface area contributed by atoms with Gasteiger partial charge in [-0.15, -0.1) is 0 Å². The van der Waals surface area contributed by atoms with Crippen LogP contribution in [0.4, 0.5) is 0 Å². The molecule has 96 valence electrons. The summed E-state index contributed by atoms with van der Waals surface area (Å²) in [6.07, 6.45) is 0.0780. The number of phenolic OH excluding ortho intramolecular Hbond substituents is 1. The van der Waals surface area contributed by atoms with Gasteiger partial charge >= 0.3 is 5.97 Å². The highest BCUT2D eigenvalue weighted by Crippen LogP contribution is 2.32. The minimum atomic E-state index is -0.959. The molecule has 0 saturated heterocycles. The van der Waals surface area contributed by atoms with Crippen molar-refractivity contribution < 1.29 is 19.7 Å². The largest absolute Gasteiger partial charge is 0.507 e. The van der Waals surface area contributed by atoms with Crippen LogP contribution in [0.25, 0.3) is 0 Å². The highest BCUT2D eigenvalue weighted by molar-refractivity contribution is 5.66. The van der Waals surface area contributed by atoms with Gasteiger partial charge in [-0.25, -0.2) is 0 Å². The van der Waals surface area contributed by atoms with E-state index in [1.54, 1.807) is 0 Å². The molecule has 0 aromatic heterocycles. The third-order valence-corrected chi connectivity index (χ3v) is 2.54. The molecule has 4 N–H and O–H groups in total. The van der Waals surface area contributed by atoms with Crippen LogP contribution in [0.3, 0.4) is 0 Å². The van der Waals surface area contributed by atoms with E-state index in [1.807, 2.05) is 6.07 Å². The number of carboxylic acid groups (broad SMARTS) is 1. The number of rotatable bonds is 5. The molecule has 6 nitrogen and oxygen atoms in total. The summed E-state index contributed by atoms with van der Waals surface area (Å²) in [5, 5.41) is 27.3. The van der Waals surface area contributed by atoms with E-state index in [0.29, 0.717) is 5.56 Å². The van der Waals surface area contributed by atoms with Crippen LogP contribution in [0.15, 0.2) is 12.1 Å². The fraction of sp³-hybridized carbons (Fsp3) is 0.333. The third kappa shape index (κ3) is 3.12. The first kappa shape index (κ1) is 13.8. The molecule has 0 aliphatic carbocycles. The van der Waals surface area contributed by atoms with E-state index >= 15 is 0 Å². The third-order valence-electron chi connectivity index (χ3n) is 2.54. The number of nitriles is 1. The van der Waals surface area contributed by atoms with Gasteiger partial charge in [0.25, 0.3) is 0 Å². The number of aromatic hydroxyl groups is 1. The summed E-state index contributed by atoms with van der Waals surface area (Å²) < 4.78 is 4.93. The van der Waals surface area contributed by atoms with Crippen LogP contribution in [0, 0.1) is 11.3 Å². The lowest BCUT2D eigenvalue weighted by Crippen LogP contribution is -2.13. The Bertz CT molecular complexity index is 494. The number of aliphatic carboxylic acids is 1. The van der Waals surface area contributed by atoms with Gasteiger partial charge in [-0.05, 0) is 12.5 Å². The second kappa shape index (κ2) is 5.89. The molecule has 0 saturated carbocycles. The van der Waals surface area contributed by atoms with Gasteiger partial charge in [0.1, 0.15) is 17.6 Å². The lowest BCUT2D eigenvalue weighted by Gasteiger charge is -2.14. The minimum Gasteiger partial charge on any atom is -0.507 e. The van der Waals surface area contributed by atoms with Gasteiger partial charge < -0.3 is 20.7 Å². The van der Waals surface area contributed by atoms with E-state index in [-0.39, 0.29) is 29.9 Å². The number of nitrogens with two attached hydrogens (primary N) is 1. The molecular formula is C12H14N2O4. The first-order chi connectivity index (χ1) is 8.49. The topological polar surface area (TPSA) is 117 Å².